The average molecular weight is 361 g/mol. The van der Waals surface area contributed by atoms with E-state index in [0.29, 0.717) is 13.1 Å². The van der Waals surface area contributed by atoms with Crippen LogP contribution in [-0.4, -0.2) is 40.9 Å². The molecule has 2 aliphatic rings. The standard InChI is InChI=1S/C19H24FN3O3/c1-2-17(24)26-15-10-16(20)18(21-11-15)22-14-8-9-23(12-14)19(25)13-6-4-3-5-7-13/h2,10-11,13-14H,1,3-9,12H2,(H,21,22)/t14-/m1/s1. The van der Waals surface area contributed by atoms with Gasteiger partial charge in [-0.3, -0.25) is 4.79 Å². The minimum absolute atomic E-state index is 0.0264. The predicted octanol–water partition coefficient (Wildman–Crippen LogP) is 2.91. The number of halogens is 1. The number of carbonyl (C=O) groups excluding carboxylic acids is 2. The summed E-state index contributed by atoms with van der Waals surface area (Å²) in [5, 5.41) is 3.05. The molecule has 1 amide bonds. The van der Waals surface area contributed by atoms with Crippen molar-refractivity contribution in [2.45, 2.75) is 44.6 Å². The van der Waals surface area contributed by atoms with Crippen LogP contribution >= 0.6 is 0 Å². The molecule has 1 atom stereocenters. The quantitative estimate of drug-likeness (QED) is 0.645. The highest BCUT2D eigenvalue weighted by molar-refractivity contribution is 5.83. The monoisotopic (exact) mass is 361 g/mol. The highest BCUT2D eigenvalue weighted by Gasteiger charge is 2.31. The van der Waals surface area contributed by atoms with Crippen LogP contribution in [0.2, 0.25) is 0 Å². The van der Waals surface area contributed by atoms with E-state index in [9.17, 15) is 14.0 Å². The highest BCUT2D eigenvalue weighted by Crippen LogP contribution is 2.27. The fourth-order valence-corrected chi connectivity index (χ4v) is 3.62. The Morgan fingerprint density at radius 2 is 2.08 bits per heavy atom. The minimum Gasteiger partial charge on any atom is -0.422 e. The molecule has 0 radical (unpaired) electrons. The highest BCUT2D eigenvalue weighted by atomic mass is 19.1. The topological polar surface area (TPSA) is 71.5 Å². The van der Waals surface area contributed by atoms with Gasteiger partial charge in [-0.25, -0.2) is 14.2 Å². The Morgan fingerprint density at radius 3 is 2.77 bits per heavy atom. The normalized spacial score (nSPS) is 20.7. The van der Waals surface area contributed by atoms with Crippen molar-refractivity contribution >= 4 is 17.7 Å². The molecule has 3 rings (SSSR count). The Kier molecular flexibility index (Phi) is 5.85. The SMILES string of the molecule is C=CC(=O)Oc1cnc(N[C@@H]2CCN(C(=O)C3CCCCC3)C2)c(F)c1. The first-order valence-electron chi connectivity index (χ1n) is 9.12. The van der Waals surface area contributed by atoms with E-state index in [2.05, 4.69) is 16.9 Å². The lowest BCUT2D eigenvalue weighted by Gasteiger charge is -2.26. The van der Waals surface area contributed by atoms with Crippen LogP contribution in [0.25, 0.3) is 0 Å². The molecule has 0 aromatic carbocycles. The number of hydrogen-bond donors (Lipinski definition) is 1. The van der Waals surface area contributed by atoms with E-state index in [1.54, 1.807) is 0 Å². The molecule has 2 fully saturated rings. The second kappa shape index (κ2) is 8.29. The number of anilines is 1. The Bertz CT molecular complexity index is 689. The summed E-state index contributed by atoms with van der Waals surface area (Å²) >= 11 is 0. The molecular formula is C19H24FN3O3. The molecule has 1 saturated carbocycles. The first kappa shape index (κ1) is 18.4. The number of nitrogens with one attached hydrogen (secondary N) is 1. The molecule has 1 aromatic heterocycles. The van der Waals surface area contributed by atoms with Gasteiger partial charge in [0.25, 0.3) is 0 Å². The zero-order chi connectivity index (χ0) is 18.5. The molecule has 0 bridgehead atoms. The third-order valence-corrected chi connectivity index (χ3v) is 5.00. The zero-order valence-corrected chi connectivity index (χ0v) is 14.7. The molecule has 1 aliphatic heterocycles. The van der Waals surface area contributed by atoms with Crippen LogP contribution < -0.4 is 10.1 Å². The number of nitrogens with zero attached hydrogens (tertiary/aromatic N) is 2. The summed E-state index contributed by atoms with van der Waals surface area (Å²) in [7, 11) is 0. The number of carbonyl (C=O) groups is 2. The van der Waals surface area contributed by atoms with Gasteiger partial charge >= 0.3 is 5.97 Å². The van der Waals surface area contributed by atoms with Gasteiger partial charge in [-0.05, 0) is 19.3 Å². The van der Waals surface area contributed by atoms with E-state index in [-0.39, 0.29) is 29.4 Å². The Balaban J connectivity index is 1.55. The Labute approximate surface area is 152 Å². The van der Waals surface area contributed by atoms with E-state index in [1.165, 1.54) is 12.6 Å². The maximum Gasteiger partial charge on any atom is 0.335 e. The van der Waals surface area contributed by atoms with Gasteiger partial charge in [0.2, 0.25) is 5.91 Å². The second-order valence-corrected chi connectivity index (χ2v) is 6.88. The first-order valence-corrected chi connectivity index (χ1v) is 9.12. The van der Waals surface area contributed by atoms with Crippen molar-refractivity contribution < 1.29 is 18.7 Å². The molecule has 1 aromatic rings. The molecule has 140 valence electrons. The van der Waals surface area contributed by atoms with Crippen LogP contribution in [0.4, 0.5) is 10.2 Å². The van der Waals surface area contributed by atoms with Crippen LogP contribution in [0.5, 0.6) is 5.75 Å². The van der Waals surface area contributed by atoms with Crippen molar-refractivity contribution in [3.05, 3.63) is 30.7 Å². The van der Waals surface area contributed by atoms with Gasteiger partial charge in [0.15, 0.2) is 17.4 Å². The van der Waals surface area contributed by atoms with Gasteiger partial charge < -0.3 is 15.0 Å². The van der Waals surface area contributed by atoms with Gasteiger partial charge in [0, 0.05) is 37.2 Å². The summed E-state index contributed by atoms with van der Waals surface area (Å²) in [6, 6.07) is 1.07. The average Bonchev–Trinajstić information content (AvgIpc) is 3.12. The fraction of sp³-hybridized carbons (Fsp3) is 0.526. The number of likely N-dealkylation sites (tertiary alicyclic amines) is 1. The summed E-state index contributed by atoms with van der Waals surface area (Å²) in [6.07, 6.45) is 8.48. The van der Waals surface area contributed by atoms with Crippen LogP contribution in [0.1, 0.15) is 38.5 Å². The third kappa shape index (κ3) is 4.39. The van der Waals surface area contributed by atoms with Crippen molar-refractivity contribution in [1.82, 2.24) is 9.88 Å². The Hall–Kier alpha value is -2.44. The van der Waals surface area contributed by atoms with Crippen molar-refractivity contribution in [1.29, 1.82) is 0 Å². The molecule has 2 heterocycles. The Morgan fingerprint density at radius 1 is 1.31 bits per heavy atom. The zero-order valence-electron chi connectivity index (χ0n) is 14.7. The minimum atomic E-state index is -0.667. The summed E-state index contributed by atoms with van der Waals surface area (Å²) < 4.78 is 19.0. The van der Waals surface area contributed by atoms with Crippen molar-refractivity contribution in [3.8, 4) is 5.75 Å². The lowest BCUT2D eigenvalue weighted by Crippen LogP contribution is -2.37. The lowest BCUT2D eigenvalue weighted by atomic mass is 9.88. The van der Waals surface area contributed by atoms with Gasteiger partial charge in [0.05, 0.1) is 6.20 Å². The molecule has 7 heteroatoms. The lowest BCUT2D eigenvalue weighted by molar-refractivity contribution is -0.135. The summed E-state index contributed by atoms with van der Waals surface area (Å²) in [5.41, 5.74) is 0. The number of aromatic nitrogens is 1. The van der Waals surface area contributed by atoms with Crippen molar-refractivity contribution in [3.63, 3.8) is 0 Å². The van der Waals surface area contributed by atoms with E-state index >= 15 is 0 Å². The molecule has 0 unspecified atom stereocenters. The maximum absolute atomic E-state index is 14.2. The van der Waals surface area contributed by atoms with Gasteiger partial charge in [0.1, 0.15) is 0 Å². The number of hydrogen-bond acceptors (Lipinski definition) is 5. The first-order chi connectivity index (χ1) is 12.6. The van der Waals surface area contributed by atoms with Gasteiger partial charge in [-0.15, -0.1) is 0 Å². The van der Waals surface area contributed by atoms with Gasteiger partial charge in [-0.2, -0.15) is 0 Å². The third-order valence-electron chi connectivity index (χ3n) is 5.00. The second-order valence-electron chi connectivity index (χ2n) is 6.88. The smallest absolute Gasteiger partial charge is 0.335 e. The maximum atomic E-state index is 14.2. The van der Waals surface area contributed by atoms with Crippen molar-refractivity contribution in [2.24, 2.45) is 5.92 Å². The van der Waals surface area contributed by atoms with Gasteiger partial charge in [-0.1, -0.05) is 25.8 Å². The van der Waals surface area contributed by atoms with Crippen LogP contribution in [0.3, 0.4) is 0 Å². The van der Waals surface area contributed by atoms with E-state index in [1.807, 2.05) is 4.90 Å². The summed E-state index contributed by atoms with van der Waals surface area (Å²) in [6.45, 7) is 4.53. The molecule has 26 heavy (non-hydrogen) atoms. The molecular weight excluding hydrogens is 337 g/mol. The van der Waals surface area contributed by atoms with E-state index < -0.39 is 11.8 Å². The molecule has 1 saturated heterocycles. The number of esters is 1. The molecule has 6 nitrogen and oxygen atoms in total. The van der Waals surface area contributed by atoms with Crippen LogP contribution in [-0.2, 0) is 9.59 Å². The summed E-state index contributed by atoms with van der Waals surface area (Å²) in [4.78, 5) is 29.6. The molecule has 1 N–H and O–H groups in total. The fourth-order valence-electron chi connectivity index (χ4n) is 3.62. The van der Waals surface area contributed by atoms with E-state index in [4.69, 9.17) is 4.74 Å². The largest absolute Gasteiger partial charge is 0.422 e. The predicted molar refractivity (Wildman–Crippen MR) is 95.2 cm³/mol. The van der Waals surface area contributed by atoms with E-state index in [0.717, 1.165) is 44.2 Å². The van der Waals surface area contributed by atoms with Crippen molar-refractivity contribution in [2.75, 3.05) is 18.4 Å². The number of rotatable bonds is 5. The molecule has 0 spiro atoms. The number of amides is 1. The number of pyridine rings is 1. The molecule has 1 aliphatic carbocycles. The van der Waals surface area contributed by atoms with Crippen LogP contribution in [0.15, 0.2) is 24.9 Å². The van der Waals surface area contributed by atoms with Crippen LogP contribution in [0, 0.1) is 11.7 Å². The number of ether oxygens (including phenoxy) is 1. The summed E-state index contributed by atoms with van der Waals surface area (Å²) in [5.74, 6) is -0.764.